The molecule has 208 valence electrons. The van der Waals surface area contributed by atoms with Gasteiger partial charge in [0, 0.05) is 55.7 Å². The van der Waals surface area contributed by atoms with Crippen LogP contribution in [-0.4, -0.2) is 66.0 Å². The lowest BCUT2D eigenvalue weighted by atomic mass is 9.93. The standard InChI is InChI=1S/C29H35N9O2/c30-26-15-20(5-10-32-26)19-37-24-3-1-2-4-25(24)38(29(37)40)23-8-13-36(14-9-23)27(39)22-6-11-35(12-7-22)18-21-16-33-28(31)34-17-21/h1-5,10,15-17,22-23H,6-9,11-14,18-19H2,(H2,30,32)(H2,31,33,34). The smallest absolute Gasteiger partial charge is 0.329 e. The zero-order chi connectivity index (χ0) is 27.6. The van der Waals surface area contributed by atoms with Crippen molar-refractivity contribution in [3.05, 3.63) is 76.6 Å². The van der Waals surface area contributed by atoms with Gasteiger partial charge in [-0.25, -0.2) is 19.7 Å². The van der Waals surface area contributed by atoms with Crippen LogP contribution >= 0.6 is 0 Å². The van der Waals surface area contributed by atoms with Crippen LogP contribution in [0.1, 0.15) is 42.9 Å². The number of piperidine rings is 2. The number of carbonyl (C=O) groups is 1. The number of fused-ring (bicyclic) bond motifs is 1. The molecule has 0 radical (unpaired) electrons. The summed E-state index contributed by atoms with van der Waals surface area (Å²) in [7, 11) is 0. The Morgan fingerprint density at radius 2 is 1.55 bits per heavy atom. The summed E-state index contributed by atoms with van der Waals surface area (Å²) < 4.78 is 3.74. The summed E-state index contributed by atoms with van der Waals surface area (Å²) in [6.07, 6.45) is 8.42. The first-order valence-corrected chi connectivity index (χ1v) is 13.9. The summed E-state index contributed by atoms with van der Waals surface area (Å²) in [5, 5.41) is 0. The van der Waals surface area contributed by atoms with Crippen molar-refractivity contribution in [3.63, 3.8) is 0 Å². The average Bonchev–Trinajstić information content (AvgIpc) is 3.25. The van der Waals surface area contributed by atoms with E-state index in [9.17, 15) is 9.59 Å². The SMILES string of the molecule is Nc1cc(Cn2c(=O)n(C3CCN(C(=O)C4CCN(Cc5cnc(N)nc5)CC4)CC3)c3ccccc32)ccn1. The highest BCUT2D eigenvalue weighted by Crippen LogP contribution is 2.29. The van der Waals surface area contributed by atoms with E-state index in [1.165, 1.54) is 0 Å². The molecule has 0 bridgehead atoms. The van der Waals surface area contributed by atoms with Crippen molar-refractivity contribution in [1.29, 1.82) is 0 Å². The summed E-state index contributed by atoms with van der Waals surface area (Å²) in [6, 6.07) is 11.7. The molecule has 0 aliphatic carbocycles. The molecule has 1 amide bonds. The third-order valence-corrected chi connectivity index (χ3v) is 8.26. The maximum atomic E-state index is 13.7. The van der Waals surface area contributed by atoms with Gasteiger partial charge < -0.3 is 16.4 Å². The quantitative estimate of drug-likeness (QED) is 0.379. The number of rotatable bonds is 6. The number of nitrogen functional groups attached to an aromatic ring is 2. The number of para-hydroxylation sites is 2. The molecule has 4 N–H and O–H groups in total. The number of nitrogens with two attached hydrogens (primary N) is 2. The second-order valence-corrected chi connectivity index (χ2v) is 10.9. The van der Waals surface area contributed by atoms with Gasteiger partial charge in [-0.2, -0.15) is 0 Å². The van der Waals surface area contributed by atoms with E-state index in [1.54, 1.807) is 24.7 Å². The molecule has 2 aliphatic rings. The Morgan fingerprint density at radius 1 is 0.850 bits per heavy atom. The van der Waals surface area contributed by atoms with E-state index in [2.05, 4.69) is 19.9 Å². The van der Waals surface area contributed by atoms with Crippen LogP contribution in [0.25, 0.3) is 11.0 Å². The number of amides is 1. The predicted molar refractivity (Wildman–Crippen MR) is 153 cm³/mol. The minimum absolute atomic E-state index is 0.0276. The minimum atomic E-state index is -0.0276. The van der Waals surface area contributed by atoms with Gasteiger partial charge in [0.1, 0.15) is 5.82 Å². The molecule has 3 aromatic heterocycles. The van der Waals surface area contributed by atoms with Crippen molar-refractivity contribution in [2.75, 3.05) is 37.6 Å². The Hall–Kier alpha value is -4.25. The Kier molecular flexibility index (Phi) is 7.21. The van der Waals surface area contributed by atoms with Gasteiger partial charge in [-0.1, -0.05) is 12.1 Å². The third kappa shape index (κ3) is 5.29. The van der Waals surface area contributed by atoms with Crippen LogP contribution in [0.4, 0.5) is 11.8 Å². The van der Waals surface area contributed by atoms with Crippen LogP contribution in [0.2, 0.25) is 0 Å². The fraction of sp³-hybridized carbons (Fsp3) is 0.414. The van der Waals surface area contributed by atoms with Gasteiger partial charge >= 0.3 is 5.69 Å². The Labute approximate surface area is 232 Å². The zero-order valence-corrected chi connectivity index (χ0v) is 22.5. The van der Waals surface area contributed by atoms with E-state index in [0.29, 0.717) is 25.5 Å². The van der Waals surface area contributed by atoms with Gasteiger partial charge in [0.2, 0.25) is 11.9 Å². The van der Waals surface area contributed by atoms with E-state index >= 15 is 0 Å². The first-order valence-electron chi connectivity index (χ1n) is 13.9. The zero-order valence-electron chi connectivity index (χ0n) is 22.5. The van der Waals surface area contributed by atoms with Gasteiger partial charge in [-0.3, -0.25) is 18.8 Å². The van der Waals surface area contributed by atoms with Crippen molar-refractivity contribution in [3.8, 4) is 0 Å². The van der Waals surface area contributed by atoms with Crippen LogP contribution in [-0.2, 0) is 17.9 Å². The molecule has 0 atom stereocenters. The average molecular weight is 542 g/mol. The number of imidazole rings is 1. The Morgan fingerprint density at radius 3 is 2.25 bits per heavy atom. The molecule has 6 rings (SSSR count). The molecule has 40 heavy (non-hydrogen) atoms. The number of hydrogen-bond donors (Lipinski definition) is 2. The van der Waals surface area contributed by atoms with Gasteiger partial charge in [-0.05, 0) is 68.6 Å². The summed E-state index contributed by atoms with van der Waals surface area (Å²) in [4.78, 5) is 43.7. The van der Waals surface area contributed by atoms with Crippen LogP contribution in [0.15, 0.2) is 59.8 Å². The fourth-order valence-electron chi connectivity index (χ4n) is 6.16. The van der Waals surface area contributed by atoms with Gasteiger partial charge in [0.15, 0.2) is 0 Å². The van der Waals surface area contributed by atoms with E-state index < -0.39 is 0 Å². The first-order chi connectivity index (χ1) is 19.5. The van der Waals surface area contributed by atoms with Crippen molar-refractivity contribution in [2.45, 2.75) is 44.8 Å². The number of likely N-dealkylation sites (tertiary alicyclic amines) is 2. The first kappa shape index (κ1) is 26.0. The summed E-state index contributed by atoms with van der Waals surface area (Å²) in [5.41, 5.74) is 15.2. The molecule has 4 aromatic rings. The topological polar surface area (TPSA) is 141 Å². The van der Waals surface area contributed by atoms with Crippen molar-refractivity contribution >= 4 is 28.7 Å². The van der Waals surface area contributed by atoms with Crippen LogP contribution in [0.5, 0.6) is 0 Å². The Bertz CT molecular complexity index is 1550. The molecule has 0 spiro atoms. The number of pyridine rings is 1. The van der Waals surface area contributed by atoms with Crippen LogP contribution in [0.3, 0.4) is 0 Å². The van der Waals surface area contributed by atoms with Crippen molar-refractivity contribution < 1.29 is 4.79 Å². The van der Waals surface area contributed by atoms with E-state index in [1.807, 2.05) is 44.4 Å². The number of benzene rings is 1. The third-order valence-electron chi connectivity index (χ3n) is 8.26. The molecular weight excluding hydrogens is 506 g/mol. The number of anilines is 2. The maximum absolute atomic E-state index is 13.7. The van der Waals surface area contributed by atoms with E-state index in [4.69, 9.17) is 11.5 Å². The predicted octanol–water partition coefficient (Wildman–Crippen LogP) is 2.28. The Balaban J connectivity index is 1.09. The normalized spacial score (nSPS) is 17.4. The van der Waals surface area contributed by atoms with Crippen LogP contribution < -0.4 is 17.2 Å². The number of aromatic nitrogens is 5. The second kappa shape index (κ2) is 11.1. The highest BCUT2D eigenvalue weighted by molar-refractivity contribution is 5.79. The minimum Gasteiger partial charge on any atom is -0.384 e. The van der Waals surface area contributed by atoms with Gasteiger partial charge in [0.25, 0.3) is 0 Å². The lowest BCUT2D eigenvalue weighted by Gasteiger charge is -2.37. The molecule has 2 saturated heterocycles. The van der Waals surface area contributed by atoms with Crippen LogP contribution in [0, 0.1) is 5.92 Å². The number of carbonyl (C=O) groups excluding carboxylic acids is 1. The lowest BCUT2D eigenvalue weighted by Crippen LogP contribution is -2.46. The molecule has 0 saturated carbocycles. The summed E-state index contributed by atoms with van der Waals surface area (Å²) in [5.74, 6) is 1.02. The van der Waals surface area contributed by atoms with Crippen molar-refractivity contribution in [2.24, 2.45) is 5.92 Å². The molecule has 0 unspecified atom stereocenters. The molecular formula is C29H35N9O2. The highest BCUT2D eigenvalue weighted by atomic mass is 16.2. The maximum Gasteiger partial charge on any atom is 0.329 e. The van der Waals surface area contributed by atoms with E-state index in [0.717, 1.165) is 67.5 Å². The molecule has 11 heteroatoms. The molecule has 1 aromatic carbocycles. The summed E-state index contributed by atoms with van der Waals surface area (Å²) in [6.45, 7) is 4.27. The number of nitrogens with zero attached hydrogens (tertiary/aromatic N) is 7. The molecule has 2 fully saturated rings. The monoisotopic (exact) mass is 541 g/mol. The lowest BCUT2D eigenvalue weighted by molar-refractivity contribution is -0.138. The largest absolute Gasteiger partial charge is 0.384 e. The fourth-order valence-corrected chi connectivity index (χ4v) is 6.16. The molecule has 11 nitrogen and oxygen atoms in total. The number of hydrogen-bond acceptors (Lipinski definition) is 8. The van der Waals surface area contributed by atoms with Crippen molar-refractivity contribution in [1.82, 2.24) is 33.9 Å². The molecule has 2 aliphatic heterocycles. The summed E-state index contributed by atoms with van der Waals surface area (Å²) >= 11 is 0. The second-order valence-electron chi connectivity index (χ2n) is 10.9. The highest BCUT2D eigenvalue weighted by Gasteiger charge is 2.32. The van der Waals surface area contributed by atoms with Gasteiger partial charge in [-0.15, -0.1) is 0 Å². The van der Waals surface area contributed by atoms with E-state index in [-0.39, 0.29) is 29.5 Å². The van der Waals surface area contributed by atoms with Gasteiger partial charge in [0.05, 0.1) is 17.6 Å². The molecule has 5 heterocycles.